The van der Waals surface area contributed by atoms with E-state index in [0.717, 1.165) is 0 Å². The lowest BCUT2D eigenvalue weighted by Gasteiger charge is -2.07. The Labute approximate surface area is 90.9 Å². The highest BCUT2D eigenvalue weighted by Gasteiger charge is 2.06. The van der Waals surface area contributed by atoms with Gasteiger partial charge in [0.15, 0.2) is 0 Å². The highest BCUT2D eigenvalue weighted by atomic mass is 35.5. The molecule has 0 saturated heterocycles. The maximum absolute atomic E-state index is 11.7. The Morgan fingerprint density at radius 2 is 2.13 bits per heavy atom. The van der Waals surface area contributed by atoms with Gasteiger partial charge in [0.05, 0.1) is 17.6 Å². The molecule has 0 saturated carbocycles. The van der Waals surface area contributed by atoms with Gasteiger partial charge in [0.1, 0.15) is 5.15 Å². The van der Waals surface area contributed by atoms with E-state index >= 15 is 0 Å². The van der Waals surface area contributed by atoms with Gasteiger partial charge in [-0.1, -0.05) is 11.6 Å². The molecule has 0 aliphatic carbocycles. The fraction of sp³-hybridized carbons (Fsp3) is 0. The van der Waals surface area contributed by atoms with Crippen LogP contribution in [-0.2, 0) is 0 Å². The lowest BCUT2D eigenvalue weighted by molar-refractivity contribution is 0.983. The molecule has 15 heavy (non-hydrogen) atoms. The van der Waals surface area contributed by atoms with Crippen LogP contribution in [0.2, 0.25) is 5.15 Å². The third-order valence-electron chi connectivity index (χ3n) is 1.97. The summed E-state index contributed by atoms with van der Waals surface area (Å²) in [5, 5.41) is 0.308. The minimum absolute atomic E-state index is 0.156. The first-order valence-electron chi connectivity index (χ1n) is 4.27. The predicted molar refractivity (Wildman–Crippen MR) is 59.3 cm³/mol. The maximum atomic E-state index is 11.7. The third kappa shape index (κ3) is 1.71. The molecule has 0 aromatic carbocycles. The first-order valence-corrected chi connectivity index (χ1v) is 4.65. The zero-order valence-electron chi connectivity index (χ0n) is 7.72. The van der Waals surface area contributed by atoms with Crippen LogP contribution in [-0.4, -0.2) is 9.55 Å². The molecule has 0 aliphatic heterocycles. The molecule has 0 unspecified atom stereocenters. The molecule has 76 valence electrons. The van der Waals surface area contributed by atoms with E-state index in [0.29, 0.717) is 10.8 Å². The van der Waals surface area contributed by atoms with E-state index in [4.69, 9.17) is 17.3 Å². The van der Waals surface area contributed by atoms with Crippen molar-refractivity contribution in [2.75, 3.05) is 5.73 Å². The molecule has 0 radical (unpaired) electrons. The van der Waals surface area contributed by atoms with Gasteiger partial charge in [-0.05, 0) is 24.3 Å². The normalized spacial score (nSPS) is 10.2. The molecular formula is C10H8ClN3O. The summed E-state index contributed by atoms with van der Waals surface area (Å²) in [6.07, 6.45) is 3.17. The van der Waals surface area contributed by atoms with Crippen molar-refractivity contribution in [1.29, 1.82) is 0 Å². The first-order chi connectivity index (χ1) is 7.20. The summed E-state index contributed by atoms with van der Waals surface area (Å²) in [5.41, 5.74) is 5.93. The van der Waals surface area contributed by atoms with Gasteiger partial charge < -0.3 is 5.73 Å². The molecule has 0 spiro atoms. The topological polar surface area (TPSA) is 60.9 Å². The Morgan fingerprint density at radius 3 is 2.80 bits per heavy atom. The molecule has 0 atom stereocenters. The van der Waals surface area contributed by atoms with Crippen LogP contribution in [0.3, 0.4) is 0 Å². The van der Waals surface area contributed by atoms with E-state index in [1.54, 1.807) is 30.6 Å². The fourth-order valence-corrected chi connectivity index (χ4v) is 1.49. The van der Waals surface area contributed by atoms with Gasteiger partial charge in [-0.3, -0.25) is 14.3 Å². The second kappa shape index (κ2) is 3.74. The minimum Gasteiger partial charge on any atom is -0.394 e. The Balaban J connectivity index is 2.73. The van der Waals surface area contributed by atoms with Gasteiger partial charge in [0.2, 0.25) is 0 Å². The SMILES string of the molecule is Nc1ccc(Cl)n(-c2cccnc2)c1=O. The molecule has 2 heterocycles. The van der Waals surface area contributed by atoms with Gasteiger partial charge in [-0.25, -0.2) is 0 Å². The molecule has 5 heteroatoms. The van der Waals surface area contributed by atoms with Crippen LogP contribution in [0.5, 0.6) is 0 Å². The summed E-state index contributed by atoms with van der Waals surface area (Å²) in [7, 11) is 0. The molecule has 0 aliphatic rings. The Kier molecular flexibility index (Phi) is 2.43. The van der Waals surface area contributed by atoms with Crippen LogP contribution < -0.4 is 11.3 Å². The second-order valence-electron chi connectivity index (χ2n) is 2.96. The average Bonchev–Trinajstić information content (AvgIpc) is 2.26. The minimum atomic E-state index is -0.337. The average molecular weight is 222 g/mol. The highest BCUT2D eigenvalue weighted by molar-refractivity contribution is 6.29. The van der Waals surface area contributed by atoms with Crippen molar-refractivity contribution >= 4 is 17.3 Å². The maximum Gasteiger partial charge on any atom is 0.279 e. The van der Waals surface area contributed by atoms with Crippen molar-refractivity contribution in [1.82, 2.24) is 9.55 Å². The molecule has 2 rings (SSSR count). The van der Waals surface area contributed by atoms with Crippen LogP contribution >= 0.6 is 11.6 Å². The number of pyridine rings is 2. The number of aromatic nitrogens is 2. The quantitative estimate of drug-likeness (QED) is 0.742. The van der Waals surface area contributed by atoms with Crippen LogP contribution in [0.4, 0.5) is 5.69 Å². The van der Waals surface area contributed by atoms with Gasteiger partial charge in [0.25, 0.3) is 5.56 Å². The lowest BCUT2D eigenvalue weighted by atomic mass is 10.3. The van der Waals surface area contributed by atoms with Gasteiger partial charge in [0, 0.05) is 6.20 Å². The van der Waals surface area contributed by atoms with Crippen molar-refractivity contribution in [3.05, 3.63) is 52.2 Å². The highest BCUT2D eigenvalue weighted by Crippen LogP contribution is 2.13. The second-order valence-corrected chi connectivity index (χ2v) is 3.35. The lowest BCUT2D eigenvalue weighted by Crippen LogP contribution is -2.21. The number of nitrogens with zero attached hydrogens (tertiary/aromatic N) is 2. The Morgan fingerprint density at radius 1 is 1.33 bits per heavy atom. The van der Waals surface area contributed by atoms with E-state index in [1.807, 2.05) is 0 Å². The van der Waals surface area contributed by atoms with Crippen molar-refractivity contribution in [2.24, 2.45) is 0 Å². The molecule has 0 fully saturated rings. The van der Waals surface area contributed by atoms with Gasteiger partial charge in [-0.2, -0.15) is 0 Å². The fourth-order valence-electron chi connectivity index (χ4n) is 1.26. The Hall–Kier alpha value is -1.81. The van der Waals surface area contributed by atoms with Gasteiger partial charge in [-0.15, -0.1) is 0 Å². The molecular weight excluding hydrogens is 214 g/mol. The molecule has 0 amide bonds. The molecule has 2 aromatic rings. The van der Waals surface area contributed by atoms with Crippen LogP contribution in [0, 0.1) is 0 Å². The van der Waals surface area contributed by atoms with E-state index < -0.39 is 0 Å². The summed E-state index contributed by atoms with van der Waals surface area (Å²) < 4.78 is 1.31. The summed E-state index contributed by atoms with van der Waals surface area (Å²) in [4.78, 5) is 15.6. The summed E-state index contributed by atoms with van der Waals surface area (Å²) in [5.74, 6) is 0. The number of hydrogen-bond donors (Lipinski definition) is 1. The van der Waals surface area contributed by atoms with Crippen molar-refractivity contribution in [3.63, 3.8) is 0 Å². The summed E-state index contributed by atoms with van der Waals surface area (Å²) in [6, 6.07) is 6.52. The zero-order valence-corrected chi connectivity index (χ0v) is 8.48. The number of halogens is 1. The first kappa shape index (κ1) is 9.73. The van der Waals surface area contributed by atoms with Gasteiger partial charge >= 0.3 is 0 Å². The van der Waals surface area contributed by atoms with E-state index in [9.17, 15) is 4.79 Å². The molecule has 0 bridgehead atoms. The van der Waals surface area contributed by atoms with Crippen LogP contribution in [0.25, 0.3) is 5.69 Å². The molecule has 4 nitrogen and oxygen atoms in total. The number of rotatable bonds is 1. The number of nitrogens with two attached hydrogens (primary N) is 1. The summed E-state index contributed by atoms with van der Waals surface area (Å²) >= 11 is 5.92. The smallest absolute Gasteiger partial charge is 0.279 e. The third-order valence-corrected chi connectivity index (χ3v) is 2.26. The largest absolute Gasteiger partial charge is 0.394 e. The van der Waals surface area contributed by atoms with Crippen LogP contribution in [0.1, 0.15) is 0 Å². The standard InChI is InChI=1S/C10H8ClN3O/c11-9-4-3-8(12)10(15)14(9)7-2-1-5-13-6-7/h1-6H,12H2. The molecule has 2 aromatic heterocycles. The zero-order chi connectivity index (χ0) is 10.8. The number of anilines is 1. The Bertz CT molecular complexity index is 536. The monoisotopic (exact) mass is 221 g/mol. The van der Waals surface area contributed by atoms with Crippen molar-refractivity contribution < 1.29 is 0 Å². The van der Waals surface area contributed by atoms with E-state index in [1.165, 1.54) is 10.6 Å². The van der Waals surface area contributed by atoms with E-state index in [2.05, 4.69) is 4.98 Å². The molecule has 2 N–H and O–H groups in total. The predicted octanol–water partition coefficient (Wildman–Crippen LogP) is 1.47. The van der Waals surface area contributed by atoms with Crippen molar-refractivity contribution in [3.8, 4) is 5.69 Å². The number of nitrogen functional groups attached to an aromatic ring is 1. The number of hydrogen-bond acceptors (Lipinski definition) is 3. The summed E-state index contributed by atoms with van der Waals surface area (Å²) in [6.45, 7) is 0. The van der Waals surface area contributed by atoms with Crippen LogP contribution in [0.15, 0.2) is 41.5 Å². The van der Waals surface area contributed by atoms with E-state index in [-0.39, 0.29) is 11.2 Å². The van der Waals surface area contributed by atoms with Crippen molar-refractivity contribution in [2.45, 2.75) is 0 Å².